The van der Waals surface area contributed by atoms with E-state index in [1.165, 1.54) is 10.6 Å². The molecular formula is C13H19NO3S. The van der Waals surface area contributed by atoms with E-state index in [0.717, 1.165) is 5.56 Å². The molecule has 0 radical (unpaired) electrons. The van der Waals surface area contributed by atoms with Crippen LogP contribution in [0.5, 0.6) is 0 Å². The van der Waals surface area contributed by atoms with Gasteiger partial charge in [0.2, 0.25) is 10.0 Å². The second-order valence-electron chi connectivity index (χ2n) is 5.05. The van der Waals surface area contributed by atoms with Crippen molar-refractivity contribution in [1.82, 2.24) is 4.31 Å². The minimum Gasteiger partial charge on any atom is -0.389 e. The smallest absolute Gasteiger partial charge is 0.211 e. The second-order valence-corrected chi connectivity index (χ2v) is 7.03. The van der Waals surface area contributed by atoms with Crippen LogP contribution in [0.4, 0.5) is 0 Å². The number of hydrogen-bond acceptors (Lipinski definition) is 3. The van der Waals surface area contributed by atoms with Crippen molar-refractivity contribution in [1.29, 1.82) is 0 Å². The Hall–Kier alpha value is -0.910. The first kappa shape index (κ1) is 13.5. The lowest BCUT2D eigenvalue weighted by atomic mass is 9.86. The van der Waals surface area contributed by atoms with Crippen LogP contribution >= 0.6 is 0 Å². The summed E-state index contributed by atoms with van der Waals surface area (Å²) in [6, 6.07) is 9.82. The van der Waals surface area contributed by atoms with Crippen LogP contribution in [0.1, 0.15) is 18.4 Å². The first-order valence-electron chi connectivity index (χ1n) is 6.11. The van der Waals surface area contributed by atoms with Crippen LogP contribution in [-0.4, -0.2) is 42.8 Å². The Morgan fingerprint density at radius 1 is 1.22 bits per heavy atom. The van der Waals surface area contributed by atoms with Crippen molar-refractivity contribution in [2.24, 2.45) is 0 Å². The maximum atomic E-state index is 11.4. The molecule has 0 amide bonds. The third kappa shape index (κ3) is 3.31. The topological polar surface area (TPSA) is 57.6 Å². The number of rotatable bonds is 3. The van der Waals surface area contributed by atoms with Gasteiger partial charge in [-0.3, -0.25) is 0 Å². The van der Waals surface area contributed by atoms with Crippen LogP contribution in [0.15, 0.2) is 30.3 Å². The summed E-state index contributed by atoms with van der Waals surface area (Å²) in [4.78, 5) is 0. The maximum absolute atomic E-state index is 11.4. The van der Waals surface area contributed by atoms with Crippen molar-refractivity contribution in [3.63, 3.8) is 0 Å². The number of nitrogens with zero attached hydrogens (tertiary/aromatic N) is 1. The van der Waals surface area contributed by atoms with Crippen LogP contribution in [0.2, 0.25) is 0 Å². The fraction of sp³-hybridized carbons (Fsp3) is 0.538. The molecule has 1 saturated heterocycles. The van der Waals surface area contributed by atoms with Crippen LogP contribution in [-0.2, 0) is 16.4 Å². The molecule has 1 N–H and O–H groups in total. The van der Waals surface area contributed by atoms with Gasteiger partial charge in [0.25, 0.3) is 0 Å². The Labute approximate surface area is 108 Å². The summed E-state index contributed by atoms with van der Waals surface area (Å²) >= 11 is 0. The third-order valence-corrected chi connectivity index (χ3v) is 4.80. The molecule has 0 aliphatic carbocycles. The Kier molecular flexibility index (Phi) is 3.75. The second kappa shape index (κ2) is 4.99. The van der Waals surface area contributed by atoms with E-state index < -0.39 is 15.6 Å². The molecule has 1 heterocycles. The normalized spacial score (nSPS) is 20.8. The number of benzene rings is 1. The van der Waals surface area contributed by atoms with Crippen molar-refractivity contribution < 1.29 is 13.5 Å². The van der Waals surface area contributed by atoms with Crippen LogP contribution in [0.3, 0.4) is 0 Å². The summed E-state index contributed by atoms with van der Waals surface area (Å²) in [6.07, 6.45) is 2.80. The average Bonchev–Trinajstić information content (AvgIpc) is 2.29. The molecule has 100 valence electrons. The number of aliphatic hydroxyl groups is 1. The highest BCUT2D eigenvalue weighted by atomic mass is 32.2. The molecule has 1 aliphatic rings. The first-order valence-corrected chi connectivity index (χ1v) is 7.95. The van der Waals surface area contributed by atoms with E-state index >= 15 is 0 Å². The summed E-state index contributed by atoms with van der Waals surface area (Å²) < 4.78 is 24.2. The van der Waals surface area contributed by atoms with Crippen molar-refractivity contribution in [2.45, 2.75) is 24.9 Å². The predicted octanol–water partition coefficient (Wildman–Crippen LogP) is 1.02. The van der Waals surface area contributed by atoms with Crippen molar-refractivity contribution in [3.05, 3.63) is 35.9 Å². The molecule has 1 aromatic rings. The van der Waals surface area contributed by atoms with Crippen molar-refractivity contribution in [2.75, 3.05) is 19.3 Å². The molecular weight excluding hydrogens is 250 g/mol. The van der Waals surface area contributed by atoms with Gasteiger partial charge in [-0.1, -0.05) is 30.3 Å². The Balaban J connectivity index is 2.00. The zero-order chi connectivity index (χ0) is 13.2. The minimum absolute atomic E-state index is 0.405. The fourth-order valence-corrected chi connectivity index (χ4v) is 3.23. The van der Waals surface area contributed by atoms with E-state index in [0.29, 0.717) is 32.4 Å². The maximum Gasteiger partial charge on any atom is 0.211 e. The Bertz CT molecular complexity index is 490. The van der Waals surface area contributed by atoms with Gasteiger partial charge < -0.3 is 5.11 Å². The summed E-state index contributed by atoms with van der Waals surface area (Å²) in [6.45, 7) is 0.810. The molecule has 0 aromatic heterocycles. The standard InChI is InChI=1S/C13H19NO3S/c1-18(16,17)14-9-7-13(15,8-10-14)11-12-5-3-2-4-6-12/h2-6,15H,7-11H2,1H3. The molecule has 5 heteroatoms. The van der Waals surface area contributed by atoms with Gasteiger partial charge in [-0.2, -0.15) is 0 Å². The van der Waals surface area contributed by atoms with Gasteiger partial charge in [-0.25, -0.2) is 12.7 Å². The summed E-state index contributed by atoms with van der Waals surface area (Å²) in [7, 11) is -3.13. The number of hydrogen-bond donors (Lipinski definition) is 1. The molecule has 1 aromatic carbocycles. The summed E-state index contributed by atoms with van der Waals surface area (Å²) in [5, 5.41) is 10.5. The van der Waals surface area contributed by atoms with E-state index in [2.05, 4.69) is 0 Å². The number of piperidine rings is 1. The monoisotopic (exact) mass is 269 g/mol. The minimum atomic E-state index is -3.13. The molecule has 0 unspecified atom stereocenters. The molecule has 18 heavy (non-hydrogen) atoms. The number of sulfonamides is 1. The van der Waals surface area contributed by atoms with E-state index in [4.69, 9.17) is 0 Å². The van der Waals surface area contributed by atoms with Gasteiger partial charge >= 0.3 is 0 Å². The van der Waals surface area contributed by atoms with Crippen LogP contribution in [0.25, 0.3) is 0 Å². The van der Waals surface area contributed by atoms with Gasteiger partial charge in [0.05, 0.1) is 11.9 Å². The largest absolute Gasteiger partial charge is 0.389 e. The van der Waals surface area contributed by atoms with Gasteiger partial charge in [0, 0.05) is 19.5 Å². The summed E-state index contributed by atoms with van der Waals surface area (Å²) in [5.41, 5.74) is 0.315. The lowest BCUT2D eigenvalue weighted by Crippen LogP contribution is -2.47. The molecule has 2 rings (SSSR count). The Morgan fingerprint density at radius 2 is 1.78 bits per heavy atom. The first-order chi connectivity index (χ1) is 8.39. The fourth-order valence-electron chi connectivity index (χ4n) is 2.39. The third-order valence-electron chi connectivity index (χ3n) is 3.50. The van der Waals surface area contributed by atoms with Gasteiger partial charge in [0.15, 0.2) is 0 Å². The highest BCUT2D eigenvalue weighted by Crippen LogP contribution is 2.27. The van der Waals surface area contributed by atoms with E-state index in [1.54, 1.807) is 0 Å². The quantitative estimate of drug-likeness (QED) is 0.891. The molecule has 0 bridgehead atoms. The van der Waals surface area contributed by atoms with E-state index in [1.807, 2.05) is 30.3 Å². The SMILES string of the molecule is CS(=O)(=O)N1CCC(O)(Cc2ccccc2)CC1. The lowest BCUT2D eigenvalue weighted by molar-refractivity contribution is -0.00429. The lowest BCUT2D eigenvalue weighted by Gasteiger charge is -2.37. The predicted molar refractivity (Wildman–Crippen MR) is 70.7 cm³/mol. The molecule has 0 atom stereocenters. The molecule has 0 saturated carbocycles. The van der Waals surface area contributed by atoms with Crippen molar-refractivity contribution >= 4 is 10.0 Å². The molecule has 4 nitrogen and oxygen atoms in total. The highest BCUT2D eigenvalue weighted by Gasteiger charge is 2.35. The van der Waals surface area contributed by atoms with E-state index in [9.17, 15) is 13.5 Å². The molecule has 0 spiro atoms. The van der Waals surface area contributed by atoms with Gasteiger partial charge in [-0.05, 0) is 18.4 Å². The Morgan fingerprint density at radius 3 is 2.28 bits per heavy atom. The highest BCUT2D eigenvalue weighted by molar-refractivity contribution is 7.88. The molecule has 1 fully saturated rings. The average molecular weight is 269 g/mol. The van der Waals surface area contributed by atoms with Crippen molar-refractivity contribution in [3.8, 4) is 0 Å². The zero-order valence-electron chi connectivity index (χ0n) is 10.5. The summed E-state index contributed by atoms with van der Waals surface area (Å²) in [5.74, 6) is 0. The van der Waals surface area contributed by atoms with Gasteiger partial charge in [-0.15, -0.1) is 0 Å². The zero-order valence-corrected chi connectivity index (χ0v) is 11.4. The molecule has 1 aliphatic heterocycles. The van der Waals surface area contributed by atoms with Gasteiger partial charge in [0.1, 0.15) is 0 Å². The van der Waals surface area contributed by atoms with Crippen LogP contribution < -0.4 is 0 Å². The van der Waals surface area contributed by atoms with E-state index in [-0.39, 0.29) is 0 Å². The van der Waals surface area contributed by atoms with Crippen LogP contribution in [0, 0.1) is 0 Å².